The summed E-state index contributed by atoms with van der Waals surface area (Å²) in [5, 5.41) is 9.82. The SMILES string of the molecule is CCNC(=NCc1cn(C)nc1C(F)(F)F)NC1CCC(C(=O)OCC)CC1. The number of hydrogen-bond acceptors (Lipinski definition) is 4. The monoisotopic (exact) mass is 403 g/mol. The van der Waals surface area contributed by atoms with Gasteiger partial charge in [-0.15, -0.1) is 0 Å². The maximum atomic E-state index is 13.1. The van der Waals surface area contributed by atoms with Crippen molar-refractivity contribution in [2.75, 3.05) is 13.2 Å². The average molecular weight is 403 g/mol. The Bertz CT molecular complexity index is 679. The smallest absolute Gasteiger partial charge is 0.435 e. The van der Waals surface area contributed by atoms with Gasteiger partial charge in [-0.25, -0.2) is 4.99 Å². The van der Waals surface area contributed by atoms with E-state index >= 15 is 0 Å². The predicted molar refractivity (Wildman–Crippen MR) is 98.5 cm³/mol. The third-order valence-electron chi connectivity index (χ3n) is 4.61. The van der Waals surface area contributed by atoms with Crippen LogP contribution in [-0.2, 0) is 29.3 Å². The molecule has 0 amide bonds. The van der Waals surface area contributed by atoms with Crippen LogP contribution in [0.2, 0.25) is 0 Å². The molecule has 0 bridgehead atoms. The molecule has 7 nitrogen and oxygen atoms in total. The van der Waals surface area contributed by atoms with Gasteiger partial charge in [0.15, 0.2) is 11.7 Å². The number of esters is 1. The van der Waals surface area contributed by atoms with E-state index in [4.69, 9.17) is 4.74 Å². The Morgan fingerprint density at radius 2 is 2.00 bits per heavy atom. The Morgan fingerprint density at radius 1 is 1.32 bits per heavy atom. The number of halogens is 3. The quantitative estimate of drug-likeness (QED) is 0.434. The number of aryl methyl sites for hydroxylation is 1. The zero-order valence-electron chi connectivity index (χ0n) is 16.5. The molecule has 2 N–H and O–H groups in total. The predicted octanol–water partition coefficient (Wildman–Crippen LogP) is 2.62. The molecule has 0 saturated heterocycles. The fourth-order valence-corrected chi connectivity index (χ4v) is 3.30. The van der Waals surface area contributed by atoms with E-state index < -0.39 is 11.9 Å². The van der Waals surface area contributed by atoms with Crippen LogP contribution in [0.1, 0.15) is 50.8 Å². The number of hydrogen-bond donors (Lipinski definition) is 2. The molecule has 10 heteroatoms. The van der Waals surface area contributed by atoms with Gasteiger partial charge >= 0.3 is 12.1 Å². The largest absolute Gasteiger partial charge is 0.466 e. The van der Waals surface area contributed by atoms with Crippen molar-refractivity contribution in [3.63, 3.8) is 0 Å². The Kier molecular flexibility index (Phi) is 7.70. The molecule has 2 rings (SSSR count). The normalized spacial score (nSPS) is 20.7. The first-order valence-electron chi connectivity index (χ1n) is 9.55. The molecule has 28 heavy (non-hydrogen) atoms. The molecule has 1 aliphatic rings. The van der Waals surface area contributed by atoms with Crippen LogP contribution in [0.15, 0.2) is 11.2 Å². The summed E-state index contributed by atoms with van der Waals surface area (Å²) in [6.45, 7) is 4.51. The summed E-state index contributed by atoms with van der Waals surface area (Å²) in [6, 6.07) is 0.111. The molecule has 0 aliphatic heterocycles. The van der Waals surface area contributed by atoms with Crippen molar-refractivity contribution in [1.29, 1.82) is 0 Å². The van der Waals surface area contributed by atoms with Gasteiger partial charge in [0.25, 0.3) is 0 Å². The van der Waals surface area contributed by atoms with E-state index in [1.165, 1.54) is 13.2 Å². The van der Waals surface area contributed by atoms with Gasteiger partial charge < -0.3 is 15.4 Å². The maximum Gasteiger partial charge on any atom is 0.435 e. The molecule has 0 unspecified atom stereocenters. The van der Waals surface area contributed by atoms with Crippen LogP contribution < -0.4 is 10.6 Å². The number of rotatable bonds is 6. The molecule has 158 valence electrons. The number of alkyl halides is 3. The first kappa shape index (κ1) is 22.0. The summed E-state index contributed by atoms with van der Waals surface area (Å²) in [6.07, 6.45) is -0.194. The van der Waals surface area contributed by atoms with E-state index in [2.05, 4.69) is 20.7 Å². The highest BCUT2D eigenvalue weighted by Crippen LogP contribution is 2.31. The zero-order valence-corrected chi connectivity index (χ0v) is 16.5. The van der Waals surface area contributed by atoms with E-state index in [-0.39, 0.29) is 30.0 Å². The zero-order chi connectivity index (χ0) is 20.7. The van der Waals surface area contributed by atoms with Crippen molar-refractivity contribution in [2.24, 2.45) is 18.0 Å². The Morgan fingerprint density at radius 3 is 2.57 bits per heavy atom. The van der Waals surface area contributed by atoms with Crippen molar-refractivity contribution in [3.8, 4) is 0 Å². The molecular formula is C18H28F3N5O2. The maximum absolute atomic E-state index is 13.1. The van der Waals surface area contributed by atoms with Gasteiger partial charge in [0.05, 0.1) is 19.1 Å². The van der Waals surface area contributed by atoms with E-state index in [1.54, 1.807) is 6.92 Å². The third kappa shape index (κ3) is 6.13. The fraction of sp³-hybridized carbons (Fsp3) is 0.722. The van der Waals surface area contributed by atoms with Gasteiger partial charge in [0.2, 0.25) is 0 Å². The van der Waals surface area contributed by atoms with E-state index in [0.717, 1.165) is 30.4 Å². The molecule has 0 aromatic carbocycles. The molecule has 0 spiro atoms. The molecule has 1 aromatic rings. The molecule has 0 radical (unpaired) electrons. The molecule has 1 aromatic heterocycles. The van der Waals surface area contributed by atoms with Gasteiger partial charge in [0.1, 0.15) is 0 Å². The second-order valence-corrected chi connectivity index (χ2v) is 6.81. The van der Waals surface area contributed by atoms with Crippen LogP contribution in [0.5, 0.6) is 0 Å². The van der Waals surface area contributed by atoms with Gasteiger partial charge in [-0.3, -0.25) is 9.48 Å². The van der Waals surface area contributed by atoms with Crippen LogP contribution in [0, 0.1) is 5.92 Å². The second kappa shape index (κ2) is 9.79. The lowest BCUT2D eigenvalue weighted by Crippen LogP contribution is -2.45. The van der Waals surface area contributed by atoms with Gasteiger partial charge in [0, 0.05) is 31.4 Å². The van der Waals surface area contributed by atoms with Crippen molar-refractivity contribution in [3.05, 3.63) is 17.5 Å². The summed E-state index contributed by atoms with van der Waals surface area (Å²) in [7, 11) is 1.45. The lowest BCUT2D eigenvalue weighted by atomic mass is 9.86. The highest BCUT2D eigenvalue weighted by Gasteiger charge is 2.36. The number of nitrogens with zero attached hydrogens (tertiary/aromatic N) is 3. The summed E-state index contributed by atoms with van der Waals surface area (Å²) in [5.41, 5.74) is -0.886. The third-order valence-corrected chi connectivity index (χ3v) is 4.61. The second-order valence-electron chi connectivity index (χ2n) is 6.81. The van der Waals surface area contributed by atoms with Crippen LogP contribution in [0.25, 0.3) is 0 Å². The van der Waals surface area contributed by atoms with Crippen molar-refractivity contribution < 1.29 is 22.7 Å². The lowest BCUT2D eigenvalue weighted by Gasteiger charge is -2.29. The molecule has 1 heterocycles. The highest BCUT2D eigenvalue weighted by molar-refractivity contribution is 5.80. The summed E-state index contributed by atoms with van der Waals surface area (Å²) in [4.78, 5) is 16.1. The van der Waals surface area contributed by atoms with E-state index in [0.29, 0.717) is 19.1 Å². The van der Waals surface area contributed by atoms with Crippen molar-refractivity contribution >= 4 is 11.9 Å². The Labute approximate surface area is 162 Å². The first-order chi connectivity index (χ1) is 13.2. The number of carbonyl (C=O) groups excluding carboxylic acids is 1. The molecule has 1 fully saturated rings. The summed E-state index contributed by atoms with van der Waals surface area (Å²) < 4.78 is 45.4. The number of guanidine groups is 1. The standard InChI is InChI=1S/C18H28F3N5O2/c1-4-22-17(23-10-13-11-26(3)25-15(13)18(19,20)21)24-14-8-6-12(7-9-14)16(27)28-5-2/h11-12,14H,4-10H2,1-3H3,(H2,22,23,24). The highest BCUT2D eigenvalue weighted by atomic mass is 19.4. The minimum absolute atomic E-state index is 0.0261. The number of ether oxygens (including phenoxy) is 1. The molecule has 1 aliphatic carbocycles. The molecular weight excluding hydrogens is 375 g/mol. The number of carbonyl (C=O) groups is 1. The van der Waals surface area contributed by atoms with Gasteiger partial charge in [-0.05, 0) is 39.5 Å². The number of aliphatic imine (C=N–C) groups is 1. The first-order valence-corrected chi connectivity index (χ1v) is 9.55. The summed E-state index contributed by atoms with van der Waals surface area (Å²) in [5.74, 6) is 0.221. The fourth-order valence-electron chi connectivity index (χ4n) is 3.30. The number of aromatic nitrogens is 2. The van der Waals surface area contributed by atoms with E-state index in [1.807, 2.05) is 6.92 Å². The number of nitrogens with one attached hydrogen (secondary N) is 2. The minimum atomic E-state index is -4.51. The van der Waals surface area contributed by atoms with Crippen LogP contribution in [0.4, 0.5) is 13.2 Å². The van der Waals surface area contributed by atoms with Crippen molar-refractivity contribution in [2.45, 2.75) is 58.3 Å². The topological polar surface area (TPSA) is 80.5 Å². The molecule has 1 saturated carbocycles. The van der Waals surface area contributed by atoms with Crippen LogP contribution in [0.3, 0.4) is 0 Å². The van der Waals surface area contributed by atoms with Crippen LogP contribution in [-0.4, -0.2) is 40.9 Å². The Balaban J connectivity index is 1.98. The lowest BCUT2D eigenvalue weighted by molar-refractivity contribution is -0.149. The molecule has 0 atom stereocenters. The van der Waals surface area contributed by atoms with Crippen LogP contribution >= 0.6 is 0 Å². The van der Waals surface area contributed by atoms with E-state index in [9.17, 15) is 18.0 Å². The van der Waals surface area contributed by atoms with Gasteiger partial charge in [-0.1, -0.05) is 0 Å². The minimum Gasteiger partial charge on any atom is -0.466 e. The summed E-state index contributed by atoms with van der Waals surface area (Å²) >= 11 is 0. The Hall–Kier alpha value is -2.26. The van der Waals surface area contributed by atoms with Gasteiger partial charge in [-0.2, -0.15) is 18.3 Å². The van der Waals surface area contributed by atoms with Crippen molar-refractivity contribution in [1.82, 2.24) is 20.4 Å². The average Bonchev–Trinajstić information content (AvgIpc) is 3.02.